The van der Waals surface area contributed by atoms with Gasteiger partial charge in [-0.05, 0) is 18.9 Å². The number of nitrogens with one attached hydrogen (secondary N) is 2. The van der Waals surface area contributed by atoms with Crippen LogP contribution < -0.4 is 15.4 Å². The minimum Gasteiger partial charge on any atom is -0.481 e. The van der Waals surface area contributed by atoms with Gasteiger partial charge in [0.15, 0.2) is 5.96 Å². The Hall–Kier alpha value is -1.09. The van der Waals surface area contributed by atoms with Gasteiger partial charge in [0.05, 0.1) is 25.5 Å². The van der Waals surface area contributed by atoms with Gasteiger partial charge in [0.25, 0.3) is 0 Å². The van der Waals surface area contributed by atoms with Crippen molar-refractivity contribution in [3.05, 3.63) is 23.9 Å². The molecule has 1 aliphatic heterocycles. The van der Waals surface area contributed by atoms with Gasteiger partial charge >= 0.3 is 0 Å². The van der Waals surface area contributed by atoms with Gasteiger partial charge in [-0.15, -0.1) is 24.0 Å². The first-order valence-corrected chi connectivity index (χ1v) is 6.88. The summed E-state index contributed by atoms with van der Waals surface area (Å²) < 4.78 is 10.7. The van der Waals surface area contributed by atoms with Crippen LogP contribution in [0.5, 0.6) is 5.88 Å². The van der Waals surface area contributed by atoms with E-state index < -0.39 is 0 Å². The van der Waals surface area contributed by atoms with E-state index in [9.17, 15) is 0 Å². The average molecular weight is 406 g/mol. The molecule has 21 heavy (non-hydrogen) atoms. The minimum absolute atomic E-state index is 0. The molecular weight excluding hydrogens is 383 g/mol. The lowest BCUT2D eigenvalue weighted by molar-refractivity contribution is 0.114. The molecule has 1 aromatic rings. The van der Waals surface area contributed by atoms with Gasteiger partial charge in [-0.25, -0.2) is 4.98 Å². The fourth-order valence-corrected chi connectivity index (χ4v) is 2.08. The maximum atomic E-state index is 5.57. The second-order valence-corrected chi connectivity index (χ2v) is 4.61. The van der Waals surface area contributed by atoms with Crippen LogP contribution in [0, 0.1) is 0 Å². The largest absolute Gasteiger partial charge is 0.481 e. The van der Waals surface area contributed by atoms with Crippen molar-refractivity contribution in [2.75, 3.05) is 27.3 Å². The second kappa shape index (κ2) is 9.78. The minimum atomic E-state index is 0. The number of hydrogen-bond donors (Lipinski definition) is 2. The zero-order valence-corrected chi connectivity index (χ0v) is 14.8. The summed E-state index contributed by atoms with van der Waals surface area (Å²) in [5, 5.41) is 6.49. The molecule has 1 fully saturated rings. The Labute approximate surface area is 142 Å². The number of methoxy groups -OCH3 is 1. The molecule has 1 aromatic heterocycles. The molecule has 0 aromatic carbocycles. The van der Waals surface area contributed by atoms with Gasteiger partial charge in [0.1, 0.15) is 0 Å². The first kappa shape index (κ1) is 18.0. The van der Waals surface area contributed by atoms with Crippen LogP contribution in [0.15, 0.2) is 23.2 Å². The lowest BCUT2D eigenvalue weighted by Crippen LogP contribution is -2.40. The summed E-state index contributed by atoms with van der Waals surface area (Å²) in [4.78, 5) is 8.53. The molecule has 0 spiro atoms. The number of halogens is 1. The van der Waals surface area contributed by atoms with Gasteiger partial charge in [-0.2, -0.15) is 0 Å². The molecule has 0 saturated carbocycles. The highest BCUT2D eigenvalue weighted by molar-refractivity contribution is 14.0. The second-order valence-electron chi connectivity index (χ2n) is 4.61. The monoisotopic (exact) mass is 406 g/mol. The third kappa shape index (κ3) is 6.04. The SMILES string of the molecule is CN=C(NCc1cccc(OC)n1)NCC1CCCO1.I. The van der Waals surface area contributed by atoms with Crippen LogP contribution in [0.25, 0.3) is 0 Å². The van der Waals surface area contributed by atoms with Crippen molar-refractivity contribution in [1.82, 2.24) is 15.6 Å². The van der Waals surface area contributed by atoms with Crippen LogP contribution in [-0.4, -0.2) is 44.4 Å². The quantitative estimate of drug-likeness (QED) is 0.441. The molecule has 1 aliphatic rings. The topological polar surface area (TPSA) is 67.8 Å². The van der Waals surface area contributed by atoms with Gasteiger partial charge < -0.3 is 20.1 Å². The maximum absolute atomic E-state index is 5.57. The Bertz CT molecular complexity index is 450. The summed E-state index contributed by atoms with van der Waals surface area (Å²) in [5.74, 6) is 1.37. The smallest absolute Gasteiger partial charge is 0.213 e. The summed E-state index contributed by atoms with van der Waals surface area (Å²) >= 11 is 0. The number of aliphatic imine (C=N–C) groups is 1. The molecule has 7 heteroatoms. The van der Waals surface area contributed by atoms with Crippen LogP contribution >= 0.6 is 24.0 Å². The molecule has 2 rings (SSSR count). The Morgan fingerprint density at radius 2 is 2.33 bits per heavy atom. The molecule has 0 amide bonds. The van der Waals surface area contributed by atoms with Gasteiger partial charge in [0, 0.05) is 26.3 Å². The highest BCUT2D eigenvalue weighted by atomic mass is 127. The van der Waals surface area contributed by atoms with Crippen LogP contribution in [0.1, 0.15) is 18.5 Å². The maximum Gasteiger partial charge on any atom is 0.213 e. The predicted octanol–water partition coefficient (Wildman–Crippen LogP) is 1.55. The fraction of sp³-hybridized carbons (Fsp3) is 0.571. The molecule has 118 valence electrons. The van der Waals surface area contributed by atoms with Crippen molar-refractivity contribution in [3.8, 4) is 5.88 Å². The normalized spacial score (nSPS) is 18.0. The molecule has 0 bridgehead atoms. The molecule has 0 aliphatic carbocycles. The van der Waals surface area contributed by atoms with Crippen molar-refractivity contribution in [2.24, 2.45) is 4.99 Å². The first-order valence-electron chi connectivity index (χ1n) is 6.88. The van der Waals surface area contributed by atoms with E-state index in [-0.39, 0.29) is 24.0 Å². The van der Waals surface area contributed by atoms with E-state index in [2.05, 4.69) is 20.6 Å². The summed E-state index contributed by atoms with van der Waals surface area (Å²) in [6.45, 7) is 2.25. The first-order chi connectivity index (χ1) is 9.81. The van der Waals surface area contributed by atoms with Crippen LogP contribution in [0.4, 0.5) is 0 Å². The van der Waals surface area contributed by atoms with Gasteiger partial charge in [0.2, 0.25) is 5.88 Å². The van der Waals surface area contributed by atoms with E-state index in [0.29, 0.717) is 18.5 Å². The molecule has 1 unspecified atom stereocenters. The van der Waals surface area contributed by atoms with Crippen LogP contribution in [0.3, 0.4) is 0 Å². The number of aromatic nitrogens is 1. The molecule has 0 radical (unpaired) electrons. The van der Waals surface area contributed by atoms with Gasteiger partial charge in [-0.1, -0.05) is 6.07 Å². The molecule has 1 saturated heterocycles. The molecule has 6 nitrogen and oxygen atoms in total. The Morgan fingerprint density at radius 1 is 1.48 bits per heavy atom. The van der Waals surface area contributed by atoms with E-state index >= 15 is 0 Å². The highest BCUT2D eigenvalue weighted by Gasteiger charge is 2.15. The Kier molecular flexibility index (Phi) is 8.36. The van der Waals surface area contributed by atoms with Gasteiger partial charge in [-0.3, -0.25) is 4.99 Å². The molecule has 2 N–H and O–H groups in total. The zero-order valence-electron chi connectivity index (χ0n) is 12.5. The number of nitrogens with zero attached hydrogens (tertiary/aromatic N) is 2. The lowest BCUT2D eigenvalue weighted by atomic mass is 10.2. The number of hydrogen-bond acceptors (Lipinski definition) is 4. The molecule has 1 atom stereocenters. The number of ether oxygens (including phenoxy) is 2. The summed E-state index contributed by atoms with van der Waals surface area (Å²) in [7, 11) is 3.37. The van der Waals surface area contributed by atoms with Crippen molar-refractivity contribution in [3.63, 3.8) is 0 Å². The summed E-state index contributed by atoms with van der Waals surface area (Å²) in [6, 6.07) is 5.70. The van der Waals surface area contributed by atoms with Crippen molar-refractivity contribution in [2.45, 2.75) is 25.5 Å². The average Bonchev–Trinajstić information content (AvgIpc) is 3.01. The summed E-state index contributed by atoms with van der Waals surface area (Å²) in [5.41, 5.74) is 0.907. The van der Waals surface area contributed by atoms with E-state index in [1.165, 1.54) is 0 Å². The number of guanidine groups is 1. The zero-order chi connectivity index (χ0) is 14.2. The van der Waals surface area contributed by atoms with Crippen LogP contribution in [-0.2, 0) is 11.3 Å². The van der Waals surface area contributed by atoms with Crippen molar-refractivity contribution >= 4 is 29.9 Å². The van der Waals surface area contributed by atoms with Crippen LogP contribution in [0.2, 0.25) is 0 Å². The van der Waals surface area contributed by atoms with Crippen molar-refractivity contribution < 1.29 is 9.47 Å². The highest BCUT2D eigenvalue weighted by Crippen LogP contribution is 2.10. The summed E-state index contributed by atoms with van der Waals surface area (Å²) in [6.07, 6.45) is 2.55. The standard InChI is InChI=1S/C14H22N4O2.HI/c1-15-14(17-10-12-6-4-8-20-12)16-9-11-5-3-7-13(18-11)19-2;/h3,5,7,12H,4,6,8-10H2,1-2H3,(H2,15,16,17);1H. The fourth-order valence-electron chi connectivity index (χ4n) is 2.08. The van der Waals surface area contributed by atoms with E-state index in [4.69, 9.17) is 9.47 Å². The third-order valence-corrected chi connectivity index (χ3v) is 3.17. The Balaban J connectivity index is 0.00000220. The third-order valence-electron chi connectivity index (χ3n) is 3.17. The predicted molar refractivity (Wildman–Crippen MR) is 93.4 cm³/mol. The lowest BCUT2D eigenvalue weighted by Gasteiger charge is -2.15. The van der Waals surface area contributed by atoms with Crippen molar-refractivity contribution in [1.29, 1.82) is 0 Å². The van der Waals surface area contributed by atoms with E-state index in [0.717, 1.165) is 37.6 Å². The molecule has 2 heterocycles. The Morgan fingerprint density at radius 3 is 3.00 bits per heavy atom. The number of rotatable bonds is 5. The van der Waals surface area contributed by atoms with E-state index in [1.807, 2.05) is 18.2 Å². The number of pyridine rings is 1. The molecular formula is C14H23IN4O2. The van der Waals surface area contributed by atoms with E-state index in [1.54, 1.807) is 14.2 Å².